The number of nitrogens with zero attached hydrogens (tertiary/aromatic N) is 6. The summed E-state index contributed by atoms with van der Waals surface area (Å²) in [7, 11) is 3.44. The lowest BCUT2D eigenvalue weighted by atomic mass is 9.92. The fraction of sp³-hybridized carbons (Fsp3) is 0.346. The highest BCUT2D eigenvalue weighted by atomic mass is 16.5. The van der Waals surface area contributed by atoms with E-state index in [0.29, 0.717) is 29.8 Å². The molecule has 0 saturated heterocycles. The summed E-state index contributed by atoms with van der Waals surface area (Å²) in [6, 6.07) is 10.5. The number of ether oxygens (including phenoxy) is 1. The Balaban J connectivity index is 1.22. The third-order valence-corrected chi connectivity index (χ3v) is 6.60. The number of amides is 1. The van der Waals surface area contributed by atoms with Gasteiger partial charge in [-0.25, -0.2) is 4.98 Å². The Hall–Kier alpha value is -4.21. The van der Waals surface area contributed by atoms with Crippen molar-refractivity contribution in [3.8, 4) is 28.3 Å². The van der Waals surface area contributed by atoms with Crippen LogP contribution in [0, 0.1) is 5.92 Å². The van der Waals surface area contributed by atoms with Gasteiger partial charge in [-0.15, -0.1) is 0 Å². The standard InChI is InChI=1S/C26H27N7O3/c1-32(2)22(34)15-33-14-20(13-29-33)26-30-25(31-36-26)23(18-7-8-18)17-5-3-16(4-6-17)19-11-21-24(28-12-19)27-9-10-35-21/h3-6,11-14,18,23H,7-10,15H2,1-2H3,(H,27,28). The first-order valence-electron chi connectivity index (χ1n) is 12.1. The monoisotopic (exact) mass is 485 g/mol. The van der Waals surface area contributed by atoms with Gasteiger partial charge in [0, 0.05) is 32.1 Å². The second kappa shape index (κ2) is 9.10. The van der Waals surface area contributed by atoms with Gasteiger partial charge < -0.3 is 19.5 Å². The van der Waals surface area contributed by atoms with Gasteiger partial charge in [0.15, 0.2) is 17.4 Å². The molecule has 1 aliphatic heterocycles. The van der Waals surface area contributed by atoms with Crippen molar-refractivity contribution >= 4 is 11.7 Å². The maximum Gasteiger partial charge on any atom is 0.261 e. The molecular weight excluding hydrogens is 458 g/mol. The van der Waals surface area contributed by atoms with E-state index in [2.05, 4.69) is 44.8 Å². The van der Waals surface area contributed by atoms with Gasteiger partial charge >= 0.3 is 0 Å². The zero-order valence-electron chi connectivity index (χ0n) is 20.2. The highest BCUT2D eigenvalue weighted by Gasteiger charge is 2.36. The highest BCUT2D eigenvalue weighted by molar-refractivity contribution is 5.75. The molecule has 0 radical (unpaired) electrons. The summed E-state index contributed by atoms with van der Waals surface area (Å²) >= 11 is 0. The lowest BCUT2D eigenvalue weighted by molar-refractivity contribution is -0.129. The number of fused-ring (bicyclic) bond motifs is 1. The number of nitrogens with one attached hydrogen (secondary N) is 1. The summed E-state index contributed by atoms with van der Waals surface area (Å²) in [6.07, 6.45) is 7.55. The number of pyridine rings is 1. The molecule has 1 atom stereocenters. The van der Waals surface area contributed by atoms with Crippen LogP contribution in [0.5, 0.6) is 5.75 Å². The summed E-state index contributed by atoms with van der Waals surface area (Å²) < 4.78 is 12.9. The quantitative estimate of drug-likeness (QED) is 0.424. The fourth-order valence-electron chi connectivity index (χ4n) is 4.44. The number of aromatic nitrogens is 5. The first-order chi connectivity index (χ1) is 17.5. The molecule has 184 valence electrons. The van der Waals surface area contributed by atoms with Gasteiger partial charge in [-0.3, -0.25) is 9.48 Å². The van der Waals surface area contributed by atoms with E-state index < -0.39 is 0 Å². The zero-order valence-corrected chi connectivity index (χ0v) is 20.2. The van der Waals surface area contributed by atoms with Crippen LogP contribution < -0.4 is 10.1 Å². The Kier molecular flexibility index (Phi) is 5.63. The van der Waals surface area contributed by atoms with E-state index in [9.17, 15) is 4.79 Å². The topological polar surface area (TPSA) is 111 Å². The Morgan fingerprint density at radius 1 is 1.17 bits per heavy atom. The lowest BCUT2D eigenvalue weighted by Crippen LogP contribution is -2.26. The molecule has 6 rings (SSSR count). The predicted octanol–water partition coefficient (Wildman–Crippen LogP) is 3.43. The van der Waals surface area contributed by atoms with Gasteiger partial charge in [0.1, 0.15) is 13.2 Å². The minimum absolute atomic E-state index is 0.0385. The summed E-state index contributed by atoms with van der Waals surface area (Å²) in [6.45, 7) is 1.57. The first-order valence-corrected chi connectivity index (χ1v) is 12.1. The SMILES string of the molecule is CN(C)C(=O)Cn1cc(-c2nc(C(c3ccc(-c4cnc5c(c4)OCCN5)cc3)C3CC3)no2)cn1. The summed E-state index contributed by atoms with van der Waals surface area (Å²) in [5.41, 5.74) is 3.94. The van der Waals surface area contributed by atoms with E-state index in [-0.39, 0.29) is 18.4 Å². The lowest BCUT2D eigenvalue weighted by Gasteiger charge is -2.18. The van der Waals surface area contributed by atoms with Crippen molar-refractivity contribution in [3.63, 3.8) is 0 Å². The Morgan fingerprint density at radius 2 is 2.00 bits per heavy atom. The number of hydrogen-bond acceptors (Lipinski definition) is 8. The van der Waals surface area contributed by atoms with Crippen LogP contribution in [0.25, 0.3) is 22.6 Å². The van der Waals surface area contributed by atoms with Gasteiger partial charge in [-0.05, 0) is 36.0 Å². The summed E-state index contributed by atoms with van der Waals surface area (Å²) in [5.74, 6) is 3.17. The van der Waals surface area contributed by atoms with E-state index in [4.69, 9.17) is 14.2 Å². The molecular formula is C26H27N7O3. The van der Waals surface area contributed by atoms with E-state index in [1.54, 1.807) is 31.2 Å². The summed E-state index contributed by atoms with van der Waals surface area (Å²) in [4.78, 5) is 22.7. The second-order valence-electron chi connectivity index (χ2n) is 9.46. The van der Waals surface area contributed by atoms with Gasteiger partial charge in [0.2, 0.25) is 5.91 Å². The average molecular weight is 486 g/mol. The van der Waals surface area contributed by atoms with Crippen LogP contribution in [0.15, 0.2) is 53.4 Å². The van der Waals surface area contributed by atoms with Crippen molar-refractivity contribution in [2.45, 2.75) is 25.3 Å². The molecule has 0 bridgehead atoms. The second-order valence-corrected chi connectivity index (χ2v) is 9.46. The van der Waals surface area contributed by atoms with Gasteiger partial charge in [-0.2, -0.15) is 10.1 Å². The van der Waals surface area contributed by atoms with Crippen LogP contribution in [0.4, 0.5) is 5.82 Å². The van der Waals surface area contributed by atoms with Crippen LogP contribution >= 0.6 is 0 Å². The van der Waals surface area contributed by atoms with Crippen molar-refractivity contribution in [2.75, 3.05) is 32.6 Å². The maximum absolute atomic E-state index is 12.0. The summed E-state index contributed by atoms with van der Waals surface area (Å²) in [5, 5.41) is 11.8. The average Bonchev–Trinajstić information content (AvgIpc) is 3.41. The smallest absolute Gasteiger partial charge is 0.261 e. The van der Waals surface area contributed by atoms with Crippen LogP contribution in [0.2, 0.25) is 0 Å². The molecule has 1 aliphatic carbocycles. The number of carbonyl (C=O) groups excluding carboxylic acids is 1. The molecule has 4 aromatic rings. The highest BCUT2D eigenvalue weighted by Crippen LogP contribution is 2.46. The number of benzene rings is 1. The minimum Gasteiger partial charge on any atom is -0.488 e. The van der Waals surface area contributed by atoms with Crippen LogP contribution in [0.1, 0.15) is 30.1 Å². The number of carbonyl (C=O) groups is 1. The van der Waals surface area contributed by atoms with Crippen molar-refractivity contribution < 1.29 is 14.1 Å². The molecule has 1 amide bonds. The van der Waals surface area contributed by atoms with Gasteiger partial charge in [-0.1, -0.05) is 29.4 Å². The van der Waals surface area contributed by atoms with Crippen molar-refractivity contribution in [1.82, 2.24) is 29.8 Å². The zero-order chi connectivity index (χ0) is 24.6. The maximum atomic E-state index is 12.0. The van der Waals surface area contributed by atoms with E-state index in [0.717, 1.165) is 47.6 Å². The third kappa shape index (κ3) is 4.41. The van der Waals surface area contributed by atoms with Crippen molar-refractivity contribution in [1.29, 1.82) is 0 Å². The molecule has 4 heterocycles. The molecule has 1 aromatic carbocycles. The molecule has 10 heteroatoms. The molecule has 2 aliphatic rings. The van der Waals surface area contributed by atoms with Gasteiger partial charge in [0.05, 0.1) is 24.2 Å². The molecule has 36 heavy (non-hydrogen) atoms. The van der Waals surface area contributed by atoms with E-state index in [1.807, 2.05) is 12.3 Å². The number of rotatable bonds is 7. The molecule has 0 spiro atoms. The Morgan fingerprint density at radius 3 is 2.78 bits per heavy atom. The van der Waals surface area contributed by atoms with Crippen molar-refractivity contribution in [2.24, 2.45) is 5.92 Å². The number of hydrogen-bond donors (Lipinski definition) is 1. The van der Waals surface area contributed by atoms with Gasteiger partial charge in [0.25, 0.3) is 5.89 Å². The molecule has 1 saturated carbocycles. The van der Waals surface area contributed by atoms with Crippen molar-refractivity contribution in [3.05, 3.63) is 60.3 Å². The van der Waals surface area contributed by atoms with E-state index >= 15 is 0 Å². The Bertz CT molecular complexity index is 1390. The minimum atomic E-state index is -0.0385. The molecule has 1 N–H and O–H groups in total. The predicted molar refractivity (Wildman–Crippen MR) is 132 cm³/mol. The molecule has 1 fully saturated rings. The number of anilines is 1. The van der Waals surface area contributed by atoms with Crippen LogP contribution in [-0.2, 0) is 11.3 Å². The number of likely N-dealkylation sites (N-methyl/N-ethyl adjacent to an activating group) is 1. The first kappa shape index (κ1) is 22.3. The van der Waals surface area contributed by atoms with E-state index in [1.165, 1.54) is 4.90 Å². The van der Waals surface area contributed by atoms with Crippen LogP contribution in [-0.4, -0.2) is 63.0 Å². The van der Waals surface area contributed by atoms with Crippen LogP contribution in [0.3, 0.4) is 0 Å². The molecule has 10 nitrogen and oxygen atoms in total. The Labute approximate surface area is 208 Å². The fourth-order valence-corrected chi connectivity index (χ4v) is 4.44. The third-order valence-electron chi connectivity index (χ3n) is 6.60. The molecule has 3 aromatic heterocycles. The molecule has 1 unspecified atom stereocenters. The normalized spacial score (nSPS) is 15.5. The largest absolute Gasteiger partial charge is 0.488 e.